The van der Waals surface area contributed by atoms with Gasteiger partial charge in [-0.1, -0.05) is 31.2 Å². The Morgan fingerprint density at radius 2 is 1.78 bits per heavy atom. The summed E-state index contributed by atoms with van der Waals surface area (Å²) in [6, 6.07) is 14.7. The van der Waals surface area contributed by atoms with Crippen LogP contribution in [0.2, 0.25) is 0 Å². The van der Waals surface area contributed by atoms with Gasteiger partial charge >= 0.3 is 0 Å². The number of rotatable bonds is 2. The summed E-state index contributed by atoms with van der Waals surface area (Å²) in [5, 5.41) is 0.796. The second-order valence-corrected chi connectivity index (χ2v) is 4.34. The predicted molar refractivity (Wildman–Crippen MR) is 71.0 cm³/mol. The molecule has 90 valence electrons. The predicted octanol–water partition coefficient (Wildman–Crippen LogP) is 4.80. The molecule has 2 aromatic carbocycles. The Morgan fingerprint density at radius 1 is 1.00 bits per heavy atom. The van der Waals surface area contributed by atoms with Gasteiger partial charge in [0, 0.05) is 10.9 Å². The van der Waals surface area contributed by atoms with Crippen molar-refractivity contribution in [2.24, 2.45) is 0 Å². The Kier molecular flexibility index (Phi) is 2.63. The van der Waals surface area contributed by atoms with E-state index in [1.165, 1.54) is 17.7 Å². The van der Waals surface area contributed by atoms with Crippen molar-refractivity contribution in [1.29, 1.82) is 0 Å². The molecule has 0 saturated heterocycles. The van der Waals surface area contributed by atoms with Crippen molar-refractivity contribution >= 4 is 11.0 Å². The summed E-state index contributed by atoms with van der Waals surface area (Å²) in [5.41, 5.74) is 3.02. The standard InChI is InChI=1S/C16H13FO/c1-2-11-3-5-12(6-4-11)16-10-13-9-14(17)7-8-15(13)18-16/h3-10H,2H2,1H3. The normalized spacial score (nSPS) is 11.0. The highest BCUT2D eigenvalue weighted by Gasteiger charge is 2.06. The van der Waals surface area contributed by atoms with E-state index < -0.39 is 0 Å². The fraction of sp³-hybridized carbons (Fsp3) is 0.125. The zero-order valence-electron chi connectivity index (χ0n) is 10.1. The van der Waals surface area contributed by atoms with E-state index in [-0.39, 0.29) is 5.82 Å². The van der Waals surface area contributed by atoms with E-state index in [1.54, 1.807) is 6.07 Å². The smallest absolute Gasteiger partial charge is 0.135 e. The quantitative estimate of drug-likeness (QED) is 0.627. The van der Waals surface area contributed by atoms with Gasteiger partial charge < -0.3 is 4.42 Å². The molecule has 0 fully saturated rings. The van der Waals surface area contributed by atoms with Crippen LogP contribution in [0.25, 0.3) is 22.3 Å². The van der Waals surface area contributed by atoms with Crippen molar-refractivity contribution < 1.29 is 8.81 Å². The molecule has 0 aliphatic heterocycles. The molecule has 0 radical (unpaired) electrons. The van der Waals surface area contributed by atoms with E-state index in [4.69, 9.17) is 4.42 Å². The number of benzene rings is 2. The third kappa shape index (κ3) is 1.90. The van der Waals surface area contributed by atoms with Crippen LogP contribution in [0.3, 0.4) is 0 Å². The van der Waals surface area contributed by atoms with Gasteiger partial charge in [-0.2, -0.15) is 0 Å². The average Bonchev–Trinajstić information content (AvgIpc) is 2.81. The molecular formula is C16H13FO. The summed E-state index contributed by atoms with van der Waals surface area (Å²) in [5.74, 6) is 0.537. The minimum atomic E-state index is -0.240. The van der Waals surface area contributed by atoms with E-state index in [1.807, 2.05) is 18.2 Å². The van der Waals surface area contributed by atoms with Crippen LogP contribution in [-0.2, 0) is 6.42 Å². The number of fused-ring (bicyclic) bond motifs is 1. The molecule has 0 aliphatic carbocycles. The highest BCUT2D eigenvalue weighted by atomic mass is 19.1. The van der Waals surface area contributed by atoms with Gasteiger partial charge in [0.05, 0.1) is 0 Å². The summed E-state index contributed by atoms with van der Waals surface area (Å²) in [6.07, 6.45) is 1.02. The molecule has 3 rings (SSSR count). The van der Waals surface area contributed by atoms with Gasteiger partial charge in [-0.15, -0.1) is 0 Å². The van der Waals surface area contributed by atoms with Crippen LogP contribution in [-0.4, -0.2) is 0 Å². The maximum Gasteiger partial charge on any atom is 0.135 e. The zero-order chi connectivity index (χ0) is 12.5. The van der Waals surface area contributed by atoms with E-state index in [0.717, 1.165) is 23.1 Å². The molecule has 0 saturated carbocycles. The first-order chi connectivity index (χ1) is 8.76. The summed E-state index contributed by atoms with van der Waals surface area (Å²) >= 11 is 0. The van der Waals surface area contributed by atoms with Gasteiger partial charge in [-0.3, -0.25) is 0 Å². The first kappa shape index (κ1) is 11.0. The van der Waals surface area contributed by atoms with Gasteiger partial charge in [0.25, 0.3) is 0 Å². The van der Waals surface area contributed by atoms with Gasteiger partial charge in [0.1, 0.15) is 17.2 Å². The molecule has 2 heteroatoms. The number of halogens is 1. The molecule has 0 aliphatic rings. The molecule has 1 aromatic heterocycles. The first-order valence-electron chi connectivity index (χ1n) is 6.04. The van der Waals surface area contributed by atoms with Crippen LogP contribution in [0.5, 0.6) is 0 Å². The molecular weight excluding hydrogens is 227 g/mol. The van der Waals surface area contributed by atoms with Crippen LogP contribution in [0.4, 0.5) is 4.39 Å². The number of furan rings is 1. The summed E-state index contributed by atoms with van der Waals surface area (Å²) < 4.78 is 18.8. The van der Waals surface area contributed by atoms with Crippen molar-refractivity contribution in [3.05, 3.63) is 59.9 Å². The maximum atomic E-state index is 13.1. The second kappa shape index (κ2) is 4.30. The zero-order valence-corrected chi connectivity index (χ0v) is 10.1. The molecule has 0 spiro atoms. The molecule has 1 nitrogen and oxygen atoms in total. The van der Waals surface area contributed by atoms with Crippen molar-refractivity contribution in [3.63, 3.8) is 0 Å². The van der Waals surface area contributed by atoms with Crippen molar-refractivity contribution in [2.75, 3.05) is 0 Å². The summed E-state index contributed by atoms with van der Waals surface area (Å²) in [6.45, 7) is 2.12. The van der Waals surface area contributed by atoms with Crippen molar-refractivity contribution in [1.82, 2.24) is 0 Å². The molecule has 0 atom stereocenters. The fourth-order valence-electron chi connectivity index (χ4n) is 2.06. The van der Waals surface area contributed by atoms with Crippen LogP contribution < -0.4 is 0 Å². The third-order valence-corrected chi connectivity index (χ3v) is 3.13. The Labute approximate surface area is 105 Å². The Morgan fingerprint density at radius 3 is 2.50 bits per heavy atom. The highest BCUT2D eigenvalue weighted by Crippen LogP contribution is 2.28. The number of hydrogen-bond donors (Lipinski definition) is 0. The average molecular weight is 240 g/mol. The van der Waals surface area contributed by atoms with Crippen molar-refractivity contribution in [2.45, 2.75) is 13.3 Å². The van der Waals surface area contributed by atoms with Crippen LogP contribution in [0.15, 0.2) is 52.9 Å². The lowest BCUT2D eigenvalue weighted by Crippen LogP contribution is -1.79. The number of aryl methyl sites for hydroxylation is 1. The third-order valence-electron chi connectivity index (χ3n) is 3.13. The molecule has 1 heterocycles. The minimum absolute atomic E-state index is 0.240. The van der Waals surface area contributed by atoms with E-state index in [0.29, 0.717) is 5.58 Å². The van der Waals surface area contributed by atoms with E-state index >= 15 is 0 Å². The van der Waals surface area contributed by atoms with E-state index in [2.05, 4.69) is 19.1 Å². The molecule has 3 aromatic rings. The number of hydrogen-bond acceptors (Lipinski definition) is 1. The summed E-state index contributed by atoms with van der Waals surface area (Å²) in [4.78, 5) is 0. The topological polar surface area (TPSA) is 13.1 Å². The molecule has 0 bridgehead atoms. The van der Waals surface area contributed by atoms with Crippen LogP contribution in [0, 0.1) is 5.82 Å². The first-order valence-corrected chi connectivity index (χ1v) is 6.04. The second-order valence-electron chi connectivity index (χ2n) is 4.34. The molecule has 18 heavy (non-hydrogen) atoms. The van der Waals surface area contributed by atoms with Gasteiger partial charge in [0.2, 0.25) is 0 Å². The Bertz CT molecular complexity index is 680. The maximum absolute atomic E-state index is 13.1. The highest BCUT2D eigenvalue weighted by molar-refractivity contribution is 5.82. The van der Waals surface area contributed by atoms with Crippen LogP contribution >= 0.6 is 0 Å². The largest absolute Gasteiger partial charge is 0.456 e. The van der Waals surface area contributed by atoms with Crippen LogP contribution in [0.1, 0.15) is 12.5 Å². The lowest BCUT2D eigenvalue weighted by molar-refractivity contribution is 0.619. The minimum Gasteiger partial charge on any atom is -0.456 e. The van der Waals surface area contributed by atoms with Gasteiger partial charge in [-0.05, 0) is 36.2 Å². The SMILES string of the molecule is CCc1ccc(-c2cc3cc(F)ccc3o2)cc1. The lowest BCUT2D eigenvalue weighted by atomic mass is 10.1. The van der Waals surface area contributed by atoms with Gasteiger partial charge in [-0.25, -0.2) is 4.39 Å². The molecule has 0 N–H and O–H groups in total. The van der Waals surface area contributed by atoms with Crippen molar-refractivity contribution in [3.8, 4) is 11.3 Å². The Hall–Kier alpha value is -2.09. The molecule has 0 amide bonds. The van der Waals surface area contributed by atoms with Gasteiger partial charge in [0.15, 0.2) is 0 Å². The molecule has 0 unspecified atom stereocenters. The monoisotopic (exact) mass is 240 g/mol. The fourth-order valence-corrected chi connectivity index (χ4v) is 2.06. The summed E-state index contributed by atoms with van der Waals surface area (Å²) in [7, 11) is 0. The lowest BCUT2D eigenvalue weighted by Gasteiger charge is -1.98. The van der Waals surface area contributed by atoms with E-state index in [9.17, 15) is 4.39 Å². The Balaban J connectivity index is 2.07.